The number of nitrogens with zero attached hydrogens (tertiary/aromatic N) is 2. The molecule has 0 bridgehead atoms. The van der Waals surface area contributed by atoms with Gasteiger partial charge in [0.25, 0.3) is 0 Å². The lowest BCUT2D eigenvalue weighted by Gasteiger charge is -2.13. The number of nitrogens with two attached hydrogens (primary N) is 1. The van der Waals surface area contributed by atoms with Gasteiger partial charge in [-0.15, -0.1) is 0 Å². The van der Waals surface area contributed by atoms with Gasteiger partial charge in [-0.25, -0.2) is 4.98 Å². The lowest BCUT2D eigenvalue weighted by molar-refractivity contribution is 0.806. The number of anilines is 2. The summed E-state index contributed by atoms with van der Waals surface area (Å²) in [7, 11) is 0. The van der Waals surface area contributed by atoms with Gasteiger partial charge in [0, 0.05) is 11.8 Å². The Hall–Kier alpha value is -0.680. The molecule has 2 rings (SSSR count). The first-order valence-electron chi connectivity index (χ1n) is 4.38. The fraction of sp³-hybridized carbons (Fsp3) is 0.500. The molecule has 4 nitrogen and oxygen atoms in total. The Morgan fingerprint density at radius 3 is 3.21 bits per heavy atom. The van der Waals surface area contributed by atoms with Crippen molar-refractivity contribution in [1.82, 2.24) is 9.97 Å². The molecule has 1 unspecified atom stereocenters. The molecule has 0 radical (unpaired) electrons. The van der Waals surface area contributed by atoms with Crippen LogP contribution in [-0.2, 0) is 0 Å². The number of aromatic nitrogens is 2. The minimum Gasteiger partial charge on any atom is -0.394 e. The second-order valence-electron chi connectivity index (χ2n) is 3.15. The molecule has 0 spiro atoms. The zero-order valence-electron chi connectivity index (χ0n) is 7.53. The van der Waals surface area contributed by atoms with E-state index in [1.807, 2.05) is 11.8 Å². The molecule has 1 fully saturated rings. The summed E-state index contributed by atoms with van der Waals surface area (Å²) in [5.74, 6) is 2.94. The SMILES string of the molecule is Nc1cnc(Cl)nc1NC1CCSC1. The van der Waals surface area contributed by atoms with E-state index in [2.05, 4.69) is 15.3 Å². The average Bonchev–Trinajstić information content (AvgIpc) is 2.64. The zero-order chi connectivity index (χ0) is 9.97. The van der Waals surface area contributed by atoms with Crippen LogP contribution in [0.3, 0.4) is 0 Å². The fourth-order valence-corrected chi connectivity index (χ4v) is 2.61. The van der Waals surface area contributed by atoms with E-state index in [9.17, 15) is 0 Å². The normalized spacial score (nSPS) is 21.1. The molecule has 2 heterocycles. The molecule has 1 aliphatic rings. The van der Waals surface area contributed by atoms with Gasteiger partial charge in [0.1, 0.15) is 0 Å². The Bertz CT molecular complexity index is 327. The maximum absolute atomic E-state index is 5.71. The highest BCUT2D eigenvalue weighted by Crippen LogP contribution is 2.23. The molecule has 3 N–H and O–H groups in total. The van der Waals surface area contributed by atoms with Gasteiger partial charge in [-0.05, 0) is 23.8 Å². The van der Waals surface area contributed by atoms with Gasteiger partial charge >= 0.3 is 0 Å². The number of nitrogen functional groups attached to an aromatic ring is 1. The maximum atomic E-state index is 5.71. The lowest BCUT2D eigenvalue weighted by atomic mass is 10.2. The van der Waals surface area contributed by atoms with Crippen molar-refractivity contribution in [3.63, 3.8) is 0 Å². The van der Waals surface area contributed by atoms with Gasteiger partial charge in [-0.1, -0.05) is 0 Å². The Labute approximate surface area is 91.6 Å². The zero-order valence-corrected chi connectivity index (χ0v) is 9.11. The number of thioether (sulfide) groups is 1. The number of hydrogen-bond acceptors (Lipinski definition) is 5. The molecule has 6 heteroatoms. The van der Waals surface area contributed by atoms with E-state index in [1.165, 1.54) is 11.9 Å². The van der Waals surface area contributed by atoms with Gasteiger partial charge in [0.05, 0.1) is 11.9 Å². The molecule has 14 heavy (non-hydrogen) atoms. The first kappa shape index (κ1) is 9.86. The second kappa shape index (κ2) is 4.23. The van der Waals surface area contributed by atoms with Crippen LogP contribution in [0.4, 0.5) is 11.5 Å². The smallest absolute Gasteiger partial charge is 0.224 e. The average molecular weight is 231 g/mol. The van der Waals surface area contributed by atoms with Crippen LogP contribution in [0.1, 0.15) is 6.42 Å². The predicted octanol–water partition coefficient (Wildman–Crippen LogP) is 1.63. The van der Waals surface area contributed by atoms with Crippen LogP contribution >= 0.6 is 23.4 Å². The highest BCUT2D eigenvalue weighted by atomic mass is 35.5. The summed E-state index contributed by atoms with van der Waals surface area (Å²) in [4.78, 5) is 7.84. The van der Waals surface area contributed by atoms with E-state index in [0.717, 1.165) is 12.2 Å². The monoisotopic (exact) mass is 230 g/mol. The van der Waals surface area contributed by atoms with Crippen molar-refractivity contribution in [1.29, 1.82) is 0 Å². The number of rotatable bonds is 2. The first-order chi connectivity index (χ1) is 6.75. The Morgan fingerprint density at radius 2 is 2.50 bits per heavy atom. The predicted molar refractivity (Wildman–Crippen MR) is 60.8 cm³/mol. The van der Waals surface area contributed by atoms with Crippen LogP contribution in [-0.4, -0.2) is 27.5 Å². The van der Waals surface area contributed by atoms with Crippen molar-refractivity contribution in [3.8, 4) is 0 Å². The molecule has 0 aromatic carbocycles. The molecule has 1 aliphatic heterocycles. The van der Waals surface area contributed by atoms with E-state index >= 15 is 0 Å². The summed E-state index contributed by atoms with van der Waals surface area (Å²) in [6.07, 6.45) is 2.67. The molecular formula is C8H11ClN4S. The van der Waals surface area contributed by atoms with Crippen LogP contribution < -0.4 is 11.1 Å². The van der Waals surface area contributed by atoms with E-state index in [-0.39, 0.29) is 5.28 Å². The summed E-state index contributed by atoms with van der Waals surface area (Å²) in [5, 5.41) is 3.50. The van der Waals surface area contributed by atoms with Gasteiger partial charge < -0.3 is 11.1 Å². The summed E-state index contributed by atoms with van der Waals surface area (Å²) in [5.41, 5.74) is 6.26. The molecule has 0 saturated carbocycles. The van der Waals surface area contributed by atoms with Crippen molar-refractivity contribution in [2.24, 2.45) is 0 Å². The molecule has 0 amide bonds. The molecular weight excluding hydrogens is 220 g/mol. The van der Waals surface area contributed by atoms with Gasteiger partial charge in [-0.3, -0.25) is 0 Å². The quantitative estimate of drug-likeness (QED) is 0.757. The van der Waals surface area contributed by atoms with Crippen molar-refractivity contribution >= 4 is 34.9 Å². The summed E-state index contributed by atoms with van der Waals surface area (Å²) in [6, 6.07) is 0.452. The van der Waals surface area contributed by atoms with Crippen molar-refractivity contribution in [2.75, 3.05) is 22.6 Å². The topological polar surface area (TPSA) is 63.8 Å². The van der Waals surface area contributed by atoms with Crippen molar-refractivity contribution in [3.05, 3.63) is 11.5 Å². The lowest BCUT2D eigenvalue weighted by Crippen LogP contribution is -2.20. The molecule has 1 aromatic rings. The Balaban J connectivity index is 2.10. The second-order valence-corrected chi connectivity index (χ2v) is 4.64. The largest absolute Gasteiger partial charge is 0.394 e. The van der Waals surface area contributed by atoms with E-state index < -0.39 is 0 Å². The third kappa shape index (κ3) is 2.22. The summed E-state index contributed by atoms with van der Waals surface area (Å²) >= 11 is 7.61. The summed E-state index contributed by atoms with van der Waals surface area (Å²) < 4.78 is 0. The Kier molecular flexibility index (Phi) is 2.98. The molecule has 0 aliphatic carbocycles. The van der Waals surface area contributed by atoms with Crippen LogP contribution in [0, 0.1) is 0 Å². The van der Waals surface area contributed by atoms with Crippen molar-refractivity contribution < 1.29 is 0 Å². The first-order valence-corrected chi connectivity index (χ1v) is 5.91. The highest BCUT2D eigenvalue weighted by Gasteiger charge is 2.16. The number of halogens is 1. The van der Waals surface area contributed by atoms with Crippen LogP contribution in [0.25, 0.3) is 0 Å². The Morgan fingerprint density at radius 1 is 1.64 bits per heavy atom. The minimum atomic E-state index is 0.229. The number of nitrogens with one attached hydrogen (secondary N) is 1. The molecule has 1 atom stereocenters. The van der Waals surface area contributed by atoms with E-state index in [0.29, 0.717) is 17.5 Å². The standard InChI is InChI=1S/C8H11ClN4S/c9-8-11-3-6(10)7(13-8)12-5-1-2-14-4-5/h3,5H,1-2,4,10H2,(H,11,12,13). The fourth-order valence-electron chi connectivity index (χ4n) is 1.33. The highest BCUT2D eigenvalue weighted by molar-refractivity contribution is 7.99. The van der Waals surface area contributed by atoms with Gasteiger partial charge in [0.2, 0.25) is 5.28 Å². The van der Waals surface area contributed by atoms with Crippen LogP contribution in [0.5, 0.6) is 0 Å². The van der Waals surface area contributed by atoms with Gasteiger partial charge in [0.15, 0.2) is 5.82 Å². The van der Waals surface area contributed by atoms with E-state index in [4.69, 9.17) is 17.3 Å². The van der Waals surface area contributed by atoms with Gasteiger partial charge in [-0.2, -0.15) is 16.7 Å². The molecule has 1 saturated heterocycles. The van der Waals surface area contributed by atoms with Crippen LogP contribution in [0.2, 0.25) is 5.28 Å². The number of hydrogen-bond donors (Lipinski definition) is 2. The summed E-state index contributed by atoms with van der Waals surface area (Å²) in [6.45, 7) is 0. The molecule has 76 valence electrons. The van der Waals surface area contributed by atoms with Crippen LogP contribution in [0.15, 0.2) is 6.20 Å². The molecule has 1 aromatic heterocycles. The van der Waals surface area contributed by atoms with E-state index in [1.54, 1.807) is 0 Å². The maximum Gasteiger partial charge on any atom is 0.224 e. The third-order valence-electron chi connectivity index (χ3n) is 2.06. The van der Waals surface area contributed by atoms with Crippen molar-refractivity contribution in [2.45, 2.75) is 12.5 Å². The minimum absolute atomic E-state index is 0.229. The third-order valence-corrected chi connectivity index (χ3v) is 3.40.